The third kappa shape index (κ3) is 3.71. The average molecular weight is 435 g/mol. The highest BCUT2D eigenvalue weighted by molar-refractivity contribution is 7.10. The first kappa shape index (κ1) is 20.4. The van der Waals surface area contributed by atoms with E-state index < -0.39 is 22.7 Å². The molecule has 1 saturated heterocycles. The van der Waals surface area contributed by atoms with Gasteiger partial charge in [0.25, 0.3) is 17.4 Å². The Bertz CT molecular complexity index is 1200. The van der Waals surface area contributed by atoms with Crippen molar-refractivity contribution in [3.8, 4) is 0 Å². The van der Waals surface area contributed by atoms with Gasteiger partial charge in [0.2, 0.25) is 0 Å². The number of carbonyl (C=O) groups is 2. The van der Waals surface area contributed by atoms with Crippen LogP contribution in [0.5, 0.6) is 0 Å². The van der Waals surface area contributed by atoms with Crippen molar-refractivity contribution in [1.29, 1.82) is 0 Å². The van der Waals surface area contributed by atoms with Gasteiger partial charge in [-0.25, -0.2) is 0 Å². The van der Waals surface area contributed by atoms with Gasteiger partial charge in [-0.1, -0.05) is 0 Å². The third-order valence-corrected chi connectivity index (χ3v) is 6.22. The molecule has 0 bridgehead atoms. The number of aliphatic hydroxyl groups excluding tert-OH is 1. The predicted molar refractivity (Wildman–Crippen MR) is 114 cm³/mol. The molecular weight excluding hydrogens is 418 g/mol. The molecule has 9 heteroatoms. The molecule has 2 aromatic heterocycles. The number of benzene rings is 1. The van der Waals surface area contributed by atoms with Crippen LogP contribution >= 0.6 is 11.3 Å². The van der Waals surface area contributed by atoms with Crippen LogP contribution in [-0.4, -0.2) is 31.6 Å². The summed E-state index contributed by atoms with van der Waals surface area (Å²) in [6, 6.07) is 9.86. The Morgan fingerprint density at radius 1 is 1.16 bits per heavy atom. The summed E-state index contributed by atoms with van der Waals surface area (Å²) in [7, 11) is 0. The lowest BCUT2D eigenvalue weighted by Gasteiger charge is -2.25. The molecule has 0 spiro atoms. The number of carbonyl (C=O) groups excluding carboxylic acids is 2. The number of pyridine rings is 1. The summed E-state index contributed by atoms with van der Waals surface area (Å²) >= 11 is 1.39. The number of aliphatic hydroxyl groups is 1. The number of thiophene rings is 1. The minimum absolute atomic E-state index is 0.0292. The molecular formula is C22H17N3O5S. The van der Waals surface area contributed by atoms with E-state index in [9.17, 15) is 24.8 Å². The Morgan fingerprint density at radius 3 is 2.42 bits per heavy atom. The molecule has 1 aromatic carbocycles. The summed E-state index contributed by atoms with van der Waals surface area (Å²) in [5, 5.41) is 23.8. The number of nitrogens with zero attached hydrogens (tertiary/aromatic N) is 3. The van der Waals surface area contributed by atoms with Gasteiger partial charge in [-0.15, -0.1) is 11.3 Å². The van der Waals surface area contributed by atoms with Crippen LogP contribution in [0.3, 0.4) is 0 Å². The van der Waals surface area contributed by atoms with Gasteiger partial charge in [0.05, 0.1) is 10.5 Å². The van der Waals surface area contributed by atoms with Gasteiger partial charge in [0.15, 0.2) is 0 Å². The highest BCUT2D eigenvalue weighted by Crippen LogP contribution is 2.43. The second kappa shape index (κ2) is 8.11. The van der Waals surface area contributed by atoms with Crippen molar-refractivity contribution in [2.24, 2.45) is 0 Å². The van der Waals surface area contributed by atoms with Gasteiger partial charge in [0.1, 0.15) is 11.8 Å². The number of non-ortho nitro benzene ring substituents is 1. The maximum absolute atomic E-state index is 13.0. The van der Waals surface area contributed by atoms with Crippen LogP contribution in [0.25, 0.3) is 5.76 Å². The zero-order valence-corrected chi connectivity index (χ0v) is 17.2. The predicted octanol–water partition coefficient (Wildman–Crippen LogP) is 3.98. The lowest BCUT2D eigenvalue weighted by molar-refractivity contribution is -0.384. The average Bonchev–Trinajstić information content (AvgIpc) is 3.30. The van der Waals surface area contributed by atoms with E-state index in [2.05, 4.69) is 4.98 Å². The number of hydrogen-bond acceptors (Lipinski definition) is 7. The Hall–Kier alpha value is -3.85. The second-order valence-corrected chi connectivity index (χ2v) is 8.00. The van der Waals surface area contributed by atoms with Crippen molar-refractivity contribution in [1.82, 2.24) is 9.88 Å². The van der Waals surface area contributed by atoms with E-state index in [1.165, 1.54) is 40.5 Å². The number of nitro benzene ring substituents is 1. The topological polar surface area (TPSA) is 114 Å². The molecule has 0 aliphatic carbocycles. The van der Waals surface area contributed by atoms with Crippen LogP contribution in [0.4, 0.5) is 5.69 Å². The minimum Gasteiger partial charge on any atom is -0.507 e. The summed E-state index contributed by atoms with van der Waals surface area (Å²) in [4.78, 5) is 42.5. The molecule has 1 aliphatic heterocycles. The Kier molecular flexibility index (Phi) is 5.35. The molecule has 3 aromatic rings. The molecule has 1 unspecified atom stereocenters. The Morgan fingerprint density at radius 2 is 1.84 bits per heavy atom. The van der Waals surface area contributed by atoms with Crippen molar-refractivity contribution in [3.63, 3.8) is 0 Å². The molecule has 1 N–H and O–H groups in total. The molecule has 4 rings (SSSR count). The number of aromatic nitrogens is 1. The van der Waals surface area contributed by atoms with Crippen LogP contribution in [0.2, 0.25) is 0 Å². The van der Waals surface area contributed by atoms with E-state index >= 15 is 0 Å². The molecule has 1 aliphatic rings. The first-order valence-electron chi connectivity index (χ1n) is 9.34. The van der Waals surface area contributed by atoms with Crippen LogP contribution in [0, 0.1) is 17.0 Å². The molecule has 0 radical (unpaired) electrons. The van der Waals surface area contributed by atoms with Crippen LogP contribution < -0.4 is 0 Å². The van der Waals surface area contributed by atoms with Crippen molar-refractivity contribution >= 4 is 34.5 Å². The lowest BCUT2D eigenvalue weighted by atomic mass is 9.98. The molecule has 1 atom stereocenters. The summed E-state index contributed by atoms with van der Waals surface area (Å²) < 4.78 is 0. The summed E-state index contributed by atoms with van der Waals surface area (Å²) in [5.41, 5.74) is 1.75. The van der Waals surface area contributed by atoms with Crippen molar-refractivity contribution in [3.05, 3.63) is 97.5 Å². The molecule has 1 amide bonds. The van der Waals surface area contributed by atoms with Crippen molar-refractivity contribution in [2.75, 3.05) is 0 Å². The van der Waals surface area contributed by atoms with Crippen LogP contribution in [0.1, 0.15) is 27.6 Å². The normalized spacial score (nSPS) is 17.8. The van der Waals surface area contributed by atoms with E-state index in [0.29, 0.717) is 0 Å². The Labute approximate surface area is 181 Å². The first-order chi connectivity index (χ1) is 14.9. The lowest BCUT2D eigenvalue weighted by Crippen LogP contribution is -2.29. The van der Waals surface area contributed by atoms with Gasteiger partial charge < -0.3 is 10.0 Å². The zero-order chi connectivity index (χ0) is 22.1. The highest BCUT2D eigenvalue weighted by Gasteiger charge is 2.47. The number of amides is 1. The Balaban J connectivity index is 1.84. The smallest absolute Gasteiger partial charge is 0.295 e. The summed E-state index contributed by atoms with van der Waals surface area (Å²) in [6.45, 7) is 2.05. The first-order valence-corrected chi connectivity index (χ1v) is 10.2. The van der Waals surface area contributed by atoms with E-state index in [1.54, 1.807) is 24.5 Å². The van der Waals surface area contributed by atoms with Gasteiger partial charge in [0, 0.05) is 41.5 Å². The van der Waals surface area contributed by atoms with Crippen LogP contribution in [-0.2, 0) is 16.1 Å². The molecule has 0 saturated carbocycles. The number of likely N-dealkylation sites (tertiary alicyclic amines) is 1. The van der Waals surface area contributed by atoms with Crippen molar-refractivity contribution < 1.29 is 19.6 Å². The van der Waals surface area contributed by atoms with E-state index in [4.69, 9.17) is 0 Å². The summed E-state index contributed by atoms with van der Waals surface area (Å²) in [5.74, 6) is -1.86. The minimum atomic E-state index is -0.789. The van der Waals surface area contributed by atoms with E-state index in [1.807, 2.05) is 18.4 Å². The third-order valence-electron chi connectivity index (χ3n) is 5.14. The van der Waals surface area contributed by atoms with E-state index in [-0.39, 0.29) is 29.1 Å². The standard InChI is InChI=1S/C22H17N3O5S/c1-13-8-11-31-21(13)18-17(19(26)15-2-4-16(5-3-15)25(29)30)20(27)22(28)24(18)12-14-6-9-23-10-7-14/h2-11,18,26H,12H2,1H3/b19-17-. The highest BCUT2D eigenvalue weighted by atomic mass is 32.1. The monoisotopic (exact) mass is 435 g/mol. The van der Waals surface area contributed by atoms with Gasteiger partial charge in [-0.3, -0.25) is 24.7 Å². The number of Topliss-reactive ketones (excluding diaryl/α,β-unsaturated/α-hetero) is 1. The summed E-state index contributed by atoms with van der Waals surface area (Å²) in [6.07, 6.45) is 3.21. The van der Waals surface area contributed by atoms with Crippen LogP contribution in [0.15, 0.2) is 65.8 Å². The zero-order valence-electron chi connectivity index (χ0n) is 16.4. The molecule has 8 nitrogen and oxygen atoms in total. The SMILES string of the molecule is Cc1ccsc1C1/C(=C(/O)c2ccc([N+](=O)[O-])cc2)C(=O)C(=O)N1Cc1ccncc1. The molecule has 1 fully saturated rings. The fraction of sp³-hybridized carbons (Fsp3) is 0.136. The maximum atomic E-state index is 13.0. The van der Waals surface area contributed by atoms with Gasteiger partial charge >= 0.3 is 0 Å². The number of aryl methyl sites for hydroxylation is 1. The number of rotatable bonds is 5. The molecule has 3 heterocycles. The number of nitro groups is 1. The fourth-order valence-electron chi connectivity index (χ4n) is 3.56. The molecule has 156 valence electrons. The largest absolute Gasteiger partial charge is 0.507 e. The number of hydrogen-bond donors (Lipinski definition) is 1. The maximum Gasteiger partial charge on any atom is 0.295 e. The quantitative estimate of drug-likeness (QED) is 0.213. The van der Waals surface area contributed by atoms with Crippen molar-refractivity contribution in [2.45, 2.75) is 19.5 Å². The van der Waals surface area contributed by atoms with Gasteiger partial charge in [-0.2, -0.15) is 0 Å². The fourth-order valence-corrected chi connectivity index (χ4v) is 4.61. The van der Waals surface area contributed by atoms with Gasteiger partial charge in [-0.05, 0) is 53.8 Å². The second-order valence-electron chi connectivity index (χ2n) is 7.05. The van der Waals surface area contributed by atoms with E-state index in [0.717, 1.165) is 16.0 Å². The molecule has 31 heavy (non-hydrogen) atoms. The number of ketones is 1.